The third kappa shape index (κ3) is 5.42. The monoisotopic (exact) mass is 457 g/mol. The van der Waals surface area contributed by atoms with E-state index in [0.717, 1.165) is 41.3 Å². The molecule has 1 fully saturated rings. The van der Waals surface area contributed by atoms with Crippen LogP contribution < -0.4 is 10.2 Å². The van der Waals surface area contributed by atoms with Crippen molar-refractivity contribution in [3.63, 3.8) is 0 Å². The predicted octanol–water partition coefficient (Wildman–Crippen LogP) is 4.08. The smallest absolute Gasteiger partial charge is 0.230 e. The van der Waals surface area contributed by atoms with Crippen LogP contribution in [0.25, 0.3) is 11.1 Å². The summed E-state index contributed by atoms with van der Waals surface area (Å²) in [5.41, 5.74) is 5.62. The van der Waals surface area contributed by atoms with E-state index < -0.39 is 0 Å². The fraction of sp³-hybridized carbons (Fsp3) is 0.333. The minimum atomic E-state index is -0.106. The van der Waals surface area contributed by atoms with E-state index in [1.807, 2.05) is 66.6 Å². The highest BCUT2D eigenvalue weighted by atomic mass is 16.2. The lowest BCUT2D eigenvalue weighted by molar-refractivity contribution is -0.133. The summed E-state index contributed by atoms with van der Waals surface area (Å²) in [6.07, 6.45) is 3.82. The molecule has 0 aliphatic carbocycles. The molecule has 4 rings (SSSR count). The van der Waals surface area contributed by atoms with Gasteiger partial charge in [0.2, 0.25) is 11.8 Å². The molecule has 0 unspecified atom stereocenters. The summed E-state index contributed by atoms with van der Waals surface area (Å²) in [6.45, 7) is 9.26. The first-order valence-electron chi connectivity index (χ1n) is 11.6. The normalized spacial score (nSPS) is 18.0. The number of aryl methyl sites for hydroxylation is 1. The van der Waals surface area contributed by atoms with Crippen molar-refractivity contribution >= 4 is 23.2 Å². The number of benzene rings is 1. The van der Waals surface area contributed by atoms with E-state index in [1.54, 1.807) is 13.1 Å². The number of anilines is 2. The van der Waals surface area contributed by atoms with Gasteiger partial charge in [-0.1, -0.05) is 12.1 Å². The van der Waals surface area contributed by atoms with Gasteiger partial charge in [-0.3, -0.25) is 19.6 Å². The topological polar surface area (TPSA) is 78.4 Å². The van der Waals surface area contributed by atoms with Crippen LogP contribution in [0.2, 0.25) is 0 Å². The lowest BCUT2D eigenvalue weighted by Gasteiger charge is -2.45. The maximum atomic E-state index is 12.5. The second kappa shape index (κ2) is 10.0. The second-order valence-corrected chi connectivity index (χ2v) is 9.03. The van der Waals surface area contributed by atoms with Gasteiger partial charge < -0.3 is 15.1 Å². The number of hydrogen-bond acceptors (Lipinski definition) is 5. The average Bonchev–Trinajstić information content (AvgIpc) is 2.79. The zero-order valence-electron chi connectivity index (χ0n) is 20.2. The first-order chi connectivity index (χ1) is 16.3. The van der Waals surface area contributed by atoms with Gasteiger partial charge in [0.1, 0.15) is 0 Å². The van der Waals surface area contributed by atoms with Gasteiger partial charge in [-0.05, 0) is 68.3 Å². The number of nitrogens with zero attached hydrogens (tertiary/aromatic N) is 4. The second-order valence-electron chi connectivity index (χ2n) is 9.03. The van der Waals surface area contributed by atoms with Crippen molar-refractivity contribution in [2.75, 3.05) is 23.3 Å². The van der Waals surface area contributed by atoms with Crippen LogP contribution in [0, 0.1) is 6.92 Å². The summed E-state index contributed by atoms with van der Waals surface area (Å²) in [4.78, 5) is 37.4. The number of hydrogen-bond donors (Lipinski definition) is 1. The van der Waals surface area contributed by atoms with Gasteiger partial charge in [-0.25, -0.2) is 0 Å². The van der Waals surface area contributed by atoms with E-state index in [9.17, 15) is 9.59 Å². The molecule has 1 saturated heterocycles. The number of aromatic nitrogens is 2. The van der Waals surface area contributed by atoms with Crippen molar-refractivity contribution in [2.45, 2.75) is 46.2 Å². The Hall–Kier alpha value is -3.74. The van der Waals surface area contributed by atoms with Crippen LogP contribution in [-0.4, -0.2) is 51.9 Å². The SMILES string of the molecule is CC(=O)N1[C@H](C)CN(c2ccc(CC(=O)Nc3ccc(-c4ccnc(C)c4)cc3)nc2)C[C@@H]1C. The molecule has 7 nitrogen and oxygen atoms in total. The molecular formula is C27H31N5O2. The number of carbonyl (C=O) groups excluding carboxylic acids is 2. The molecule has 0 bridgehead atoms. The van der Waals surface area contributed by atoms with Crippen LogP contribution in [0.1, 0.15) is 32.2 Å². The van der Waals surface area contributed by atoms with Gasteiger partial charge in [0, 0.05) is 55.4 Å². The van der Waals surface area contributed by atoms with Crippen molar-refractivity contribution in [3.8, 4) is 11.1 Å². The van der Waals surface area contributed by atoms with Crippen molar-refractivity contribution in [3.05, 3.63) is 72.3 Å². The number of piperazine rings is 1. The maximum absolute atomic E-state index is 12.5. The third-order valence-electron chi connectivity index (χ3n) is 6.20. The van der Waals surface area contributed by atoms with Crippen molar-refractivity contribution in [2.24, 2.45) is 0 Å². The summed E-state index contributed by atoms with van der Waals surface area (Å²) < 4.78 is 0. The summed E-state index contributed by atoms with van der Waals surface area (Å²) in [5, 5.41) is 2.95. The Morgan fingerprint density at radius 3 is 2.26 bits per heavy atom. The van der Waals surface area contributed by atoms with Crippen LogP contribution in [0.4, 0.5) is 11.4 Å². The lowest BCUT2D eigenvalue weighted by atomic mass is 10.1. The molecule has 1 aliphatic heterocycles. The summed E-state index contributed by atoms with van der Waals surface area (Å²) in [7, 11) is 0. The van der Waals surface area contributed by atoms with Crippen LogP contribution in [0.5, 0.6) is 0 Å². The zero-order valence-corrected chi connectivity index (χ0v) is 20.2. The molecule has 1 aromatic carbocycles. The lowest BCUT2D eigenvalue weighted by Crippen LogP contribution is -2.58. The highest BCUT2D eigenvalue weighted by Crippen LogP contribution is 2.23. The number of nitrogens with one attached hydrogen (secondary N) is 1. The number of amides is 2. The summed E-state index contributed by atoms with van der Waals surface area (Å²) in [6, 6.07) is 16.0. The van der Waals surface area contributed by atoms with Crippen molar-refractivity contribution < 1.29 is 9.59 Å². The van der Waals surface area contributed by atoms with E-state index >= 15 is 0 Å². The van der Waals surface area contributed by atoms with Gasteiger partial charge in [0.05, 0.1) is 18.3 Å². The van der Waals surface area contributed by atoms with Gasteiger partial charge >= 0.3 is 0 Å². The number of pyridine rings is 2. The maximum Gasteiger partial charge on any atom is 0.230 e. The molecule has 0 radical (unpaired) electrons. The molecule has 0 saturated carbocycles. The first-order valence-corrected chi connectivity index (χ1v) is 11.6. The Kier molecular flexibility index (Phi) is 6.91. The van der Waals surface area contributed by atoms with Crippen LogP contribution in [0.3, 0.4) is 0 Å². The molecule has 2 atom stereocenters. The van der Waals surface area contributed by atoms with Gasteiger partial charge in [0.15, 0.2) is 0 Å². The Labute approximate surface area is 200 Å². The largest absolute Gasteiger partial charge is 0.366 e. The van der Waals surface area contributed by atoms with Crippen LogP contribution in [0.15, 0.2) is 60.9 Å². The molecule has 2 amide bonds. The standard InChI is InChI=1S/C27H31N5O2/c1-18-13-23(11-12-28-18)22-5-7-24(8-6-22)30-27(34)14-25-9-10-26(15-29-25)31-16-19(2)32(21(4)33)20(3)17-31/h5-13,15,19-20H,14,16-17H2,1-4H3,(H,30,34)/t19-,20+. The molecule has 7 heteroatoms. The fourth-order valence-corrected chi connectivity index (χ4v) is 4.70. The van der Waals surface area contributed by atoms with Crippen molar-refractivity contribution in [1.82, 2.24) is 14.9 Å². The van der Waals surface area contributed by atoms with Gasteiger partial charge in [-0.15, -0.1) is 0 Å². The summed E-state index contributed by atoms with van der Waals surface area (Å²) >= 11 is 0. The van der Waals surface area contributed by atoms with E-state index in [1.165, 1.54) is 0 Å². The van der Waals surface area contributed by atoms with Crippen LogP contribution >= 0.6 is 0 Å². The van der Waals surface area contributed by atoms with Crippen LogP contribution in [-0.2, 0) is 16.0 Å². The highest BCUT2D eigenvalue weighted by Gasteiger charge is 2.31. The Morgan fingerprint density at radius 1 is 0.971 bits per heavy atom. The molecule has 0 spiro atoms. The molecule has 176 valence electrons. The molecule has 1 aliphatic rings. The molecule has 3 aromatic rings. The van der Waals surface area contributed by atoms with Gasteiger partial charge in [-0.2, -0.15) is 0 Å². The minimum absolute atomic E-state index is 0.106. The number of rotatable bonds is 5. The van der Waals surface area contributed by atoms with E-state index in [2.05, 4.69) is 34.0 Å². The van der Waals surface area contributed by atoms with Crippen molar-refractivity contribution in [1.29, 1.82) is 0 Å². The Balaban J connectivity index is 1.34. The third-order valence-corrected chi connectivity index (χ3v) is 6.20. The quantitative estimate of drug-likeness (QED) is 0.625. The van der Waals surface area contributed by atoms with Gasteiger partial charge in [0.25, 0.3) is 0 Å². The molecule has 34 heavy (non-hydrogen) atoms. The Bertz CT molecular complexity index is 1150. The highest BCUT2D eigenvalue weighted by molar-refractivity contribution is 5.92. The molecule has 3 heterocycles. The average molecular weight is 458 g/mol. The molecule has 2 aromatic heterocycles. The first kappa shape index (κ1) is 23.4. The minimum Gasteiger partial charge on any atom is -0.366 e. The zero-order chi connectivity index (χ0) is 24.2. The molecule has 1 N–H and O–H groups in total. The van der Waals surface area contributed by atoms with E-state index in [-0.39, 0.29) is 30.3 Å². The molecular weight excluding hydrogens is 426 g/mol. The fourth-order valence-electron chi connectivity index (χ4n) is 4.70. The van der Waals surface area contributed by atoms with E-state index in [0.29, 0.717) is 5.69 Å². The number of carbonyl (C=O) groups is 2. The van der Waals surface area contributed by atoms with E-state index in [4.69, 9.17) is 0 Å². The Morgan fingerprint density at radius 2 is 1.68 bits per heavy atom. The predicted molar refractivity (Wildman–Crippen MR) is 135 cm³/mol. The summed E-state index contributed by atoms with van der Waals surface area (Å²) in [5.74, 6) is 0.00584.